The molecule has 100 valence electrons. The van der Waals surface area contributed by atoms with Crippen LogP contribution in [0.1, 0.15) is 31.1 Å². The van der Waals surface area contributed by atoms with Crippen molar-refractivity contribution in [3.05, 3.63) is 34.1 Å². The van der Waals surface area contributed by atoms with Gasteiger partial charge in [0.15, 0.2) is 5.82 Å². The van der Waals surface area contributed by atoms with E-state index in [-0.39, 0.29) is 6.04 Å². The van der Waals surface area contributed by atoms with Gasteiger partial charge in [-0.1, -0.05) is 29.6 Å². The van der Waals surface area contributed by atoms with Gasteiger partial charge in [-0.15, -0.1) is 0 Å². The van der Waals surface area contributed by atoms with E-state index < -0.39 is 0 Å². The van der Waals surface area contributed by atoms with Gasteiger partial charge < -0.3 is 5.32 Å². The molecule has 0 saturated carbocycles. The Morgan fingerprint density at radius 1 is 1.21 bits per heavy atom. The number of rotatable bonds is 2. The lowest BCUT2D eigenvalue weighted by molar-refractivity contribution is 0.398. The molecule has 1 aliphatic rings. The highest BCUT2D eigenvalue weighted by molar-refractivity contribution is 6.35. The zero-order valence-corrected chi connectivity index (χ0v) is 11.8. The van der Waals surface area contributed by atoms with Crippen LogP contribution in [0.4, 0.5) is 0 Å². The van der Waals surface area contributed by atoms with Crippen LogP contribution in [0.3, 0.4) is 0 Å². The average Bonchev–Trinajstić information content (AvgIpc) is 2.92. The van der Waals surface area contributed by atoms with Crippen molar-refractivity contribution in [3.8, 4) is 11.4 Å². The smallest absolute Gasteiger partial charge is 0.182 e. The Morgan fingerprint density at radius 2 is 2.11 bits per heavy atom. The molecule has 2 N–H and O–H groups in total. The van der Waals surface area contributed by atoms with Crippen LogP contribution in [-0.4, -0.2) is 21.7 Å². The Bertz CT molecular complexity index is 576. The van der Waals surface area contributed by atoms with Crippen LogP contribution in [0.15, 0.2) is 18.2 Å². The minimum atomic E-state index is 0.257. The van der Waals surface area contributed by atoms with Gasteiger partial charge in [0.1, 0.15) is 5.82 Å². The standard InChI is InChI=1S/C13H14Cl2N4/c14-8-4-5-10(15)9(7-8)12-17-13(19-18-12)11-3-1-2-6-16-11/h4-5,7,11,16H,1-3,6H2,(H,17,18,19). The molecule has 1 saturated heterocycles. The van der Waals surface area contributed by atoms with E-state index in [0.29, 0.717) is 15.9 Å². The monoisotopic (exact) mass is 296 g/mol. The summed E-state index contributed by atoms with van der Waals surface area (Å²) in [6, 6.07) is 5.55. The summed E-state index contributed by atoms with van der Waals surface area (Å²) in [5, 5.41) is 11.9. The molecule has 4 nitrogen and oxygen atoms in total. The van der Waals surface area contributed by atoms with Crippen molar-refractivity contribution in [2.24, 2.45) is 0 Å². The molecule has 6 heteroatoms. The number of nitrogens with one attached hydrogen (secondary N) is 2. The summed E-state index contributed by atoms with van der Waals surface area (Å²) in [6.45, 7) is 1.03. The summed E-state index contributed by atoms with van der Waals surface area (Å²) >= 11 is 12.1. The van der Waals surface area contributed by atoms with Gasteiger partial charge in [-0.2, -0.15) is 5.10 Å². The highest BCUT2D eigenvalue weighted by Crippen LogP contribution is 2.29. The Hall–Kier alpha value is -1.10. The van der Waals surface area contributed by atoms with Crippen molar-refractivity contribution in [1.29, 1.82) is 0 Å². The first-order valence-electron chi connectivity index (χ1n) is 6.35. The lowest BCUT2D eigenvalue weighted by Gasteiger charge is -2.20. The summed E-state index contributed by atoms with van der Waals surface area (Å²) in [5.41, 5.74) is 0.757. The SMILES string of the molecule is Clc1ccc(Cl)c(-c2n[nH]c(C3CCCCN3)n2)c1. The largest absolute Gasteiger partial charge is 0.307 e. The molecule has 1 atom stereocenters. The maximum atomic E-state index is 6.16. The fourth-order valence-corrected chi connectivity index (χ4v) is 2.68. The van der Waals surface area contributed by atoms with Crippen molar-refractivity contribution in [1.82, 2.24) is 20.5 Å². The highest BCUT2D eigenvalue weighted by atomic mass is 35.5. The summed E-state index contributed by atoms with van der Waals surface area (Å²) in [5.74, 6) is 1.46. The van der Waals surface area contributed by atoms with Crippen LogP contribution in [0.5, 0.6) is 0 Å². The zero-order valence-electron chi connectivity index (χ0n) is 10.3. The minimum absolute atomic E-state index is 0.257. The van der Waals surface area contributed by atoms with Gasteiger partial charge in [0, 0.05) is 10.6 Å². The Morgan fingerprint density at radius 3 is 2.89 bits per heavy atom. The maximum Gasteiger partial charge on any atom is 0.182 e. The van der Waals surface area contributed by atoms with Crippen molar-refractivity contribution >= 4 is 23.2 Å². The highest BCUT2D eigenvalue weighted by Gasteiger charge is 2.19. The Labute approximate surface area is 121 Å². The van der Waals surface area contributed by atoms with E-state index in [4.69, 9.17) is 23.2 Å². The first kappa shape index (κ1) is 12.9. The molecule has 19 heavy (non-hydrogen) atoms. The zero-order chi connectivity index (χ0) is 13.2. The molecule has 0 spiro atoms. The van der Waals surface area contributed by atoms with Crippen LogP contribution < -0.4 is 5.32 Å². The van der Waals surface area contributed by atoms with E-state index in [1.54, 1.807) is 18.2 Å². The second-order valence-corrected chi connectivity index (χ2v) is 5.51. The van der Waals surface area contributed by atoms with Crippen molar-refractivity contribution < 1.29 is 0 Å². The van der Waals surface area contributed by atoms with Gasteiger partial charge >= 0.3 is 0 Å². The van der Waals surface area contributed by atoms with Crippen LogP contribution in [0.2, 0.25) is 10.0 Å². The van der Waals surface area contributed by atoms with Crippen LogP contribution in [0.25, 0.3) is 11.4 Å². The topological polar surface area (TPSA) is 53.6 Å². The number of benzene rings is 1. The second-order valence-electron chi connectivity index (χ2n) is 4.67. The van der Waals surface area contributed by atoms with E-state index in [9.17, 15) is 0 Å². The van der Waals surface area contributed by atoms with Gasteiger partial charge in [-0.05, 0) is 37.6 Å². The number of nitrogens with zero attached hydrogens (tertiary/aromatic N) is 2. The predicted octanol–water partition coefficient (Wildman–Crippen LogP) is 3.59. The molecule has 1 aromatic carbocycles. The molecular formula is C13H14Cl2N4. The number of aromatic nitrogens is 3. The fourth-order valence-electron chi connectivity index (χ4n) is 2.30. The van der Waals surface area contributed by atoms with E-state index in [1.165, 1.54) is 12.8 Å². The van der Waals surface area contributed by atoms with Gasteiger partial charge in [-0.3, -0.25) is 5.10 Å². The summed E-state index contributed by atoms with van der Waals surface area (Å²) < 4.78 is 0. The Balaban J connectivity index is 1.89. The third-order valence-electron chi connectivity index (χ3n) is 3.31. The second kappa shape index (κ2) is 5.49. The molecule has 1 aromatic heterocycles. The molecule has 0 bridgehead atoms. The molecule has 0 radical (unpaired) electrons. The molecule has 2 aromatic rings. The maximum absolute atomic E-state index is 6.16. The van der Waals surface area contributed by atoms with Gasteiger partial charge in [-0.25, -0.2) is 4.98 Å². The lowest BCUT2D eigenvalue weighted by atomic mass is 10.0. The first-order chi connectivity index (χ1) is 9.24. The van der Waals surface area contributed by atoms with Crippen LogP contribution >= 0.6 is 23.2 Å². The van der Waals surface area contributed by atoms with Gasteiger partial charge in [0.2, 0.25) is 0 Å². The van der Waals surface area contributed by atoms with Crippen molar-refractivity contribution in [2.75, 3.05) is 6.54 Å². The third-order valence-corrected chi connectivity index (χ3v) is 3.88. The number of H-pyrrole nitrogens is 1. The molecule has 0 amide bonds. The number of aromatic amines is 1. The molecule has 1 aliphatic heterocycles. The van der Waals surface area contributed by atoms with Crippen LogP contribution in [0, 0.1) is 0 Å². The number of halogens is 2. The van der Waals surface area contributed by atoms with E-state index in [0.717, 1.165) is 24.4 Å². The molecular weight excluding hydrogens is 283 g/mol. The first-order valence-corrected chi connectivity index (χ1v) is 7.11. The summed E-state index contributed by atoms with van der Waals surface area (Å²) in [4.78, 5) is 4.53. The summed E-state index contributed by atoms with van der Waals surface area (Å²) in [6.07, 6.45) is 3.52. The van der Waals surface area contributed by atoms with Gasteiger partial charge in [0.25, 0.3) is 0 Å². The molecule has 2 heterocycles. The Kier molecular flexibility index (Phi) is 3.73. The predicted molar refractivity (Wildman–Crippen MR) is 76.4 cm³/mol. The minimum Gasteiger partial charge on any atom is -0.307 e. The molecule has 1 unspecified atom stereocenters. The van der Waals surface area contributed by atoms with Crippen molar-refractivity contribution in [2.45, 2.75) is 25.3 Å². The fraction of sp³-hybridized carbons (Fsp3) is 0.385. The molecule has 1 fully saturated rings. The quantitative estimate of drug-likeness (QED) is 0.890. The van der Waals surface area contributed by atoms with Crippen LogP contribution in [-0.2, 0) is 0 Å². The number of piperidine rings is 1. The normalized spacial score (nSPS) is 19.6. The lowest BCUT2D eigenvalue weighted by Crippen LogP contribution is -2.27. The third kappa shape index (κ3) is 2.76. The average molecular weight is 297 g/mol. The van der Waals surface area contributed by atoms with E-state index >= 15 is 0 Å². The van der Waals surface area contributed by atoms with E-state index in [2.05, 4.69) is 20.5 Å². The molecule has 0 aliphatic carbocycles. The molecule has 3 rings (SSSR count). The summed E-state index contributed by atoms with van der Waals surface area (Å²) in [7, 11) is 0. The van der Waals surface area contributed by atoms with Crippen molar-refractivity contribution in [3.63, 3.8) is 0 Å². The van der Waals surface area contributed by atoms with Gasteiger partial charge in [0.05, 0.1) is 11.1 Å². The van der Waals surface area contributed by atoms with E-state index in [1.807, 2.05) is 0 Å². The number of hydrogen-bond acceptors (Lipinski definition) is 3. The number of hydrogen-bond donors (Lipinski definition) is 2.